The summed E-state index contributed by atoms with van der Waals surface area (Å²) in [6, 6.07) is 7.04. The molecule has 1 aliphatic heterocycles. The zero-order chi connectivity index (χ0) is 17.8. The maximum Gasteiger partial charge on any atom is 0.338 e. The Labute approximate surface area is 148 Å². The van der Waals surface area contributed by atoms with Crippen molar-refractivity contribution >= 4 is 17.6 Å². The van der Waals surface area contributed by atoms with Crippen LogP contribution in [0.25, 0.3) is 0 Å². The molecule has 0 unspecified atom stereocenters. The smallest absolute Gasteiger partial charge is 0.338 e. The molecule has 1 aliphatic carbocycles. The van der Waals surface area contributed by atoms with Gasteiger partial charge in [0.2, 0.25) is 5.91 Å². The van der Waals surface area contributed by atoms with Crippen LogP contribution >= 0.6 is 0 Å². The van der Waals surface area contributed by atoms with Crippen LogP contribution < -0.4 is 5.32 Å². The van der Waals surface area contributed by atoms with Gasteiger partial charge in [0.15, 0.2) is 0 Å². The van der Waals surface area contributed by atoms with Crippen molar-refractivity contribution in [3.05, 3.63) is 29.8 Å². The summed E-state index contributed by atoms with van der Waals surface area (Å²) in [7, 11) is 0. The predicted molar refractivity (Wildman–Crippen MR) is 94.5 cm³/mol. The van der Waals surface area contributed by atoms with Crippen molar-refractivity contribution in [3.8, 4) is 0 Å². The van der Waals surface area contributed by atoms with Crippen molar-refractivity contribution in [1.82, 2.24) is 4.90 Å². The average molecular weight is 346 g/mol. The predicted octanol–water partition coefficient (Wildman–Crippen LogP) is 2.16. The highest BCUT2D eigenvalue weighted by Gasteiger charge is 2.39. The van der Waals surface area contributed by atoms with E-state index in [1.54, 1.807) is 24.3 Å². The number of carbonyl (C=O) groups excluding carboxylic acids is 2. The molecule has 3 rings (SSSR count). The van der Waals surface area contributed by atoms with Gasteiger partial charge in [-0.1, -0.05) is 6.92 Å². The average Bonchev–Trinajstić information content (AvgIpc) is 3.37. The summed E-state index contributed by atoms with van der Waals surface area (Å²) < 4.78 is 10.7. The van der Waals surface area contributed by atoms with Gasteiger partial charge in [0, 0.05) is 30.7 Å². The molecule has 6 heteroatoms. The molecular formula is C19H26N2O4. The molecule has 0 radical (unpaired) electrons. The summed E-state index contributed by atoms with van der Waals surface area (Å²) in [6.07, 6.45) is 0.956. The Morgan fingerprint density at radius 3 is 2.52 bits per heavy atom. The second-order valence-electron chi connectivity index (χ2n) is 6.98. The van der Waals surface area contributed by atoms with Gasteiger partial charge in [-0.2, -0.15) is 0 Å². The Hall–Kier alpha value is -1.92. The van der Waals surface area contributed by atoms with Gasteiger partial charge in [-0.05, 0) is 43.5 Å². The van der Waals surface area contributed by atoms with Crippen molar-refractivity contribution in [3.63, 3.8) is 0 Å². The molecule has 2 aliphatic rings. The lowest BCUT2D eigenvalue weighted by Gasteiger charge is -2.31. The number of hydrogen-bond acceptors (Lipinski definition) is 5. The Morgan fingerprint density at radius 1 is 1.28 bits per heavy atom. The van der Waals surface area contributed by atoms with Crippen molar-refractivity contribution in [2.75, 3.05) is 38.2 Å². The number of rotatable bonds is 6. The molecule has 1 saturated heterocycles. The number of morpholine rings is 1. The molecule has 0 bridgehead atoms. The van der Waals surface area contributed by atoms with Crippen LogP contribution in [0.2, 0.25) is 0 Å². The number of nitrogens with zero attached hydrogens (tertiary/aromatic N) is 1. The van der Waals surface area contributed by atoms with Crippen LogP contribution in [-0.4, -0.2) is 55.7 Å². The minimum absolute atomic E-state index is 0.0576. The normalized spacial score (nSPS) is 24.4. The lowest BCUT2D eigenvalue weighted by atomic mass is 10.2. The molecule has 25 heavy (non-hydrogen) atoms. The molecule has 136 valence electrons. The van der Waals surface area contributed by atoms with E-state index in [0.29, 0.717) is 23.8 Å². The first-order valence-electron chi connectivity index (χ1n) is 8.94. The minimum Gasteiger partial charge on any atom is -0.460 e. The zero-order valence-corrected chi connectivity index (χ0v) is 14.9. The molecule has 1 N–H and O–H groups in total. The van der Waals surface area contributed by atoms with Gasteiger partial charge >= 0.3 is 5.97 Å². The van der Waals surface area contributed by atoms with Crippen LogP contribution in [0.1, 0.15) is 30.6 Å². The van der Waals surface area contributed by atoms with Crippen LogP contribution in [0, 0.1) is 11.8 Å². The van der Waals surface area contributed by atoms with E-state index in [9.17, 15) is 9.59 Å². The molecule has 0 spiro atoms. The van der Waals surface area contributed by atoms with Crippen LogP contribution in [0.5, 0.6) is 0 Å². The minimum atomic E-state index is -0.339. The molecule has 1 aromatic rings. The van der Waals surface area contributed by atoms with Crippen LogP contribution in [0.15, 0.2) is 24.3 Å². The highest BCUT2D eigenvalue weighted by Crippen LogP contribution is 2.38. The largest absolute Gasteiger partial charge is 0.460 e. The molecule has 1 saturated carbocycles. The number of nitrogens with one attached hydrogen (secondary N) is 1. The number of benzene rings is 1. The fraction of sp³-hybridized carbons (Fsp3) is 0.579. The summed E-state index contributed by atoms with van der Waals surface area (Å²) >= 11 is 0. The standard InChI is InChI=1S/C19H26N2O4/c1-13-11-17(13)18(22)20-16-5-3-15(4-6-16)19(23)25-12-14(2)21-7-9-24-10-8-21/h3-6,13-14,17H,7-12H2,1-2H3,(H,20,22)/t13-,14+,17-/m1/s1. The van der Waals surface area contributed by atoms with Crippen LogP contribution in [0.4, 0.5) is 5.69 Å². The molecule has 1 amide bonds. The molecule has 3 atom stereocenters. The van der Waals surface area contributed by atoms with Crippen molar-refractivity contribution < 1.29 is 19.1 Å². The third kappa shape index (κ3) is 4.80. The summed E-state index contributed by atoms with van der Waals surface area (Å²) in [4.78, 5) is 26.3. The Bertz CT molecular complexity index is 610. The number of hydrogen-bond donors (Lipinski definition) is 1. The van der Waals surface area contributed by atoms with E-state index in [-0.39, 0.29) is 23.8 Å². The van der Waals surface area contributed by atoms with E-state index < -0.39 is 0 Å². The summed E-state index contributed by atoms with van der Waals surface area (Å²) in [5.74, 6) is 0.324. The topological polar surface area (TPSA) is 67.9 Å². The van der Waals surface area contributed by atoms with E-state index in [0.717, 1.165) is 32.7 Å². The third-order valence-electron chi connectivity index (χ3n) is 4.96. The van der Waals surface area contributed by atoms with Gasteiger partial charge < -0.3 is 14.8 Å². The second kappa shape index (κ2) is 7.97. The highest BCUT2D eigenvalue weighted by atomic mass is 16.5. The molecule has 1 heterocycles. The number of anilines is 1. The Kier molecular flexibility index (Phi) is 5.71. The molecule has 6 nitrogen and oxygen atoms in total. The molecule has 1 aromatic carbocycles. The van der Waals surface area contributed by atoms with Gasteiger partial charge in [-0.25, -0.2) is 4.79 Å². The SMILES string of the molecule is C[C@@H]1C[C@H]1C(=O)Nc1ccc(C(=O)OC[C@H](C)N2CCOCC2)cc1. The summed E-state index contributed by atoms with van der Waals surface area (Å²) in [6.45, 7) is 7.67. The second-order valence-corrected chi connectivity index (χ2v) is 6.98. The van der Waals surface area contributed by atoms with Crippen molar-refractivity contribution in [2.45, 2.75) is 26.3 Å². The highest BCUT2D eigenvalue weighted by molar-refractivity contribution is 5.95. The Balaban J connectivity index is 1.46. The maximum absolute atomic E-state index is 12.2. The van der Waals surface area contributed by atoms with E-state index in [1.165, 1.54) is 0 Å². The zero-order valence-electron chi connectivity index (χ0n) is 14.9. The van der Waals surface area contributed by atoms with Gasteiger partial charge in [-0.3, -0.25) is 9.69 Å². The third-order valence-corrected chi connectivity index (χ3v) is 4.96. The number of carbonyl (C=O) groups is 2. The van der Waals surface area contributed by atoms with Gasteiger partial charge in [0.05, 0.1) is 18.8 Å². The lowest BCUT2D eigenvalue weighted by Crippen LogP contribution is -2.44. The molecule has 2 fully saturated rings. The van der Waals surface area contributed by atoms with Crippen molar-refractivity contribution in [1.29, 1.82) is 0 Å². The Morgan fingerprint density at radius 2 is 1.92 bits per heavy atom. The fourth-order valence-electron chi connectivity index (χ4n) is 3.02. The van der Waals surface area contributed by atoms with E-state index in [4.69, 9.17) is 9.47 Å². The van der Waals surface area contributed by atoms with Gasteiger partial charge in [0.25, 0.3) is 0 Å². The van der Waals surface area contributed by atoms with Crippen molar-refractivity contribution in [2.24, 2.45) is 11.8 Å². The monoisotopic (exact) mass is 346 g/mol. The molecule has 0 aromatic heterocycles. The van der Waals surface area contributed by atoms with Crippen LogP contribution in [-0.2, 0) is 14.3 Å². The van der Waals surface area contributed by atoms with E-state index in [1.807, 2.05) is 0 Å². The van der Waals surface area contributed by atoms with Gasteiger partial charge in [0.1, 0.15) is 6.61 Å². The maximum atomic E-state index is 12.2. The first-order chi connectivity index (χ1) is 12.0. The molecular weight excluding hydrogens is 320 g/mol. The lowest BCUT2D eigenvalue weighted by molar-refractivity contribution is -0.117. The summed E-state index contributed by atoms with van der Waals surface area (Å²) in [5.41, 5.74) is 1.20. The number of amides is 1. The fourth-order valence-corrected chi connectivity index (χ4v) is 3.02. The van der Waals surface area contributed by atoms with Gasteiger partial charge in [-0.15, -0.1) is 0 Å². The van der Waals surface area contributed by atoms with Crippen LogP contribution in [0.3, 0.4) is 0 Å². The first kappa shape index (κ1) is 17.9. The van der Waals surface area contributed by atoms with E-state index in [2.05, 4.69) is 24.1 Å². The van der Waals surface area contributed by atoms with E-state index >= 15 is 0 Å². The number of esters is 1. The number of ether oxygens (including phenoxy) is 2. The quantitative estimate of drug-likeness (QED) is 0.800. The summed E-state index contributed by atoms with van der Waals surface area (Å²) in [5, 5.41) is 2.88. The first-order valence-corrected chi connectivity index (χ1v) is 8.94.